The Balaban J connectivity index is 1.74. The van der Waals surface area contributed by atoms with E-state index in [0.29, 0.717) is 4.88 Å². The minimum absolute atomic E-state index is 0.00907. The molecule has 2 aromatic heterocycles. The van der Waals surface area contributed by atoms with E-state index in [2.05, 4.69) is 15.3 Å². The summed E-state index contributed by atoms with van der Waals surface area (Å²) in [6.07, 6.45) is 3.91. The summed E-state index contributed by atoms with van der Waals surface area (Å²) in [7, 11) is 0. The van der Waals surface area contributed by atoms with Crippen LogP contribution in [0.25, 0.3) is 10.7 Å². The Morgan fingerprint density at radius 3 is 3.05 bits per heavy atom. The van der Waals surface area contributed by atoms with E-state index in [1.54, 1.807) is 6.20 Å². The molecule has 1 amide bonds. The van der Waals surface area contributed by atoms with Crippen LogP contribution < -0.4 is 5.32 Å². The second kappa shape index (κ2) is 6.54. The first-order valence-corrected chi connectivity index (χ1v) is 8.28. The van der Waals surface area contributed by atoms with E-state index in [4.69, 9.17) is 4.74 Å². The minimum Gasteiger partial charge on any atom is -0.376 e. The molecule has 0 aromatic carbocycles. The molecule has 1 fully saturated rings. The molecule has 6 heteroatoms. The smallest absolute Gasteiger partial charge is 0.263 e. The van der Waals surface area contributed by atoms with E-state index in [9.17, 15) is 4.79 Å². The van der Waals surface area contributed by atoms with Gasteiger partial charge in [0.2, 0.25) is 0 Å². The molecule has 5 nitrogen and oxygen atoms in total. The molecule has 0 spiro atoms. The number of hydrogen-bond acceptors (Lipinski definition) is 5. The van der Waals surface area contributed by atoms with Crippen molar-refractivity contribution in [1.82, 2.24) is 15.3 Å². The second-order valence-corrected chi connectivity index (χ2v) is 6.46. The van der Waals surface area contributed by atoms with Gasteiger partial charge in [-0.05, 0) is 38.8 Å². The highest BCUT2D eigenvalue weighted by Gasteiger charge is 2.25. The molecule has 116 valence electrons. The van der Waals surface area contributed by atoms with Crippen LogP contribution in [0.2, 0.25) is 0 Å². The number of thiazole rings is 1. The maximum Gasteiger partial charge on any atom is 0.263 e. The van der Waals surface area contributed by atoms with Crippen molar-refractivity contribution in [3.63, 3.8) is 0 Å². The number of nitrogens with one attached hydrogen (secondary N) is 1. The van der Waals surface area contributed by atoms with Gasteiger partial charge in [0.05, 0.1) is 23.5 Å². The van der Waals surface area contributed by atoms with E-state index in [1.807, 2.05) is 32.0 Å². The molecule has 22 heavy (non-hydrogen) atoms. The normalized spacial score (nSPS) is 19.1. The summed E-state index contributed by atoms with van der Waals surface area (Å²) in [4.78, 5) is 21.9. The van der Waals surface area contributed by atoms with Crippen LogP contribution in [0.5, 0.6) is 0 Å². The van der Waals surface area contributed by atoms with Crippen molar-refractivity contribution in [2.75, 3.05) is 6.61 Å². The minimum atomic E-state index is -0.0832. The molecule has 3 heterocycles. The molecule has 1 aliphatic heterocycles. The Morgan fingerprint density at radius 1 is 1.50 bits per heavy atom. The van der Waals surface area contributed by atoms with Gasteiger partial charge in [-0.2, -0.15) is 0 Å². The predicted molar refractivity (Wildman–Crippen MR) is 86.0 cm³/mol. The van der Waals surface area contributed by atoms with E-state index in [1.165, 1.54) is 11.3 Å². The number of ether oxygens (including phenoxy) is 1. The van der Waals surface area contributed by atoms with Crippen LogP contribution in [-0.4, -0.2) is 34.6 Å². The summed E-state index contributed by atoms with van der Waals surface area (Å²) in [5.41, 5.74) is 1.53. The fourth-order valence-corrected chi connectivity index (χ4v) is 3.51. The standard InChI is InChI=1S/C16H19N3O2S/c1-10(13-7-5-9-21-13)18-15(20)14-11(2)19-16(22-14)12-6-3-4-8-17-12/h3-4,6,8,10,13H,5,7,9H2,1-2H3,(H,18,20)/t10-,13+/m0/s1. The highest BCUT2D eigenvalue weighted by atomic mass is 32.1. The first-order valence-electron chi connectivity index (χ1n) is 7.46. The summed E-state index contributed by atoms with van der Waals surface area (Å²) in [5.74, 6) is -0.0832. The summed E-state index contributed by atoms with van der Waals surface area (Å²) < 4.78 is 5.62. The second-order valence-electron chi connectivity index (χ2n) is 5.46. The number of hydrogen-bond donors (Lipinski definition) is 1. The fourth-order valence-electron chi connectivity index (χ4n) is 2.57. The summed E-state index contributed by atoms with van der Waals surface area (Å²) in [6, 6.07) is 5.68. The summed E-state index contributed by atoms with van der Waals surface area (Å²) in [6.45, 7) is 4.63. The Labute approximate surface area is 133 Å². The van der Waals surface area contributed by atoms with E-state index in [-0.39, 0.29) is 18.1 Å². The van der Waals surface area contributed by atoms with Crippen LogP contribution in [0.4, 0.5) is 0 Å². The lowest BCUT2D eigenvalue weighted by Gasteiger charge is -2.19. The van der Waals surface area contributed by atoms with Gasteiger partial charge < -0.3 is 10.1 Å². The van der Waals surface area contributed by atoms with Crippen molar-refractivity contribution < 1.29 is 9.53 Å². The summed E-state index contributed by atoms with van der Waals surface area (Å²) in [5, 5.41) is 3.80. The van der Waals surface area contributed by atoms with E-state index in [0.717, 1.165) is 35.8 Å². The number of aryl methyl sites for hydroxylation is 1. The van der Waals surface area contributed by atoms with Crippen molar-refractivity contribution in [2.45, 2.75) is 38.8 Å². The van der Waals surface area contributed by atoms with Gasteiger partial charge in [-0.15, -0.1) is 11.3 Å². The number of pyridine rings is 1. The monoisotopic (exact) mass is 317 g/mol. The third kappa shape index (κ3) is 3.18. The van der Waals surface area contributed by atoms with Crippen LogP contribution in [0.15, 0.2) is 24.4 Å². The van der Waals surface area contributed by atoms with Crippen LogP contribution in [0, 0.1) is 6.92 Å². The van der Waals surface area contributed by atoms with Crippen molar-refractivity contribution in [3.05, 3.63) is 35.0 Å². The predicted octanol–water partition coefficient (Wildman–Crippen LogP) is 2.81. The Hall–Kier alpha value is -1.79. The zero-order valence-electron chi connectivity index (χ0n) is 12.7. The molecule has 0 unspecified atom stereocenters. The van der Waals surface area contributed by atoms with Gasteiger partial charge in [0.25, 0.3) is 5.91 Å². The van der Waals surface area contributed by atoms with Gasteiger partial charge in [0, 0.05) is 12.8 Å². The van der Waals surface area contributed by atoms with Gasteiger partial charge >= 0.3 is 0 Å². The summed E-state index contributed by atoms with van der Waals surface area (Å²) >= 11 is 1.38. The fraction of sp³-hybridized carbons (Fsp3) is 0.438. The topological polar surface area (TPSA) is 64.1 Å². The maximum absolute atomic E-state index is 12.5. The molecule has 1 saturated heterocycles. The molecular weight excluding hydrogens is 298 g/mol. The van der Waals surface area contributed by atoms with Gasteiger partial charge in [-0.3, -0.25) is 9.78 Å². The molecule has 2 atom stereocenters. The lowest BCUT2D eigenvalue weighted by molar-refractivity contribution is 0.0714. The van der Waals surface area contributed by atoms with E-state index < -0.39 is 0 Å². The molecule has 1 N–H and O–H groups in total. The number of carbonyl (C=O) groups is 1. The zero-order valence-corrected chi connectivity index (χ0v) is 13.5. The maximum atomic E-state index is 12.5. The zero-order chi connectivity index (χ0) is 15.5. The number of nitrogens with zero attached hydrogens (tertiary/aromatic N) is 2. The van der Waals surface area contributed by atoms with E-state index >= 15 is 0 Å². The van der Waals surface area contributed by atoms with Gasteiger partial charge in [-0.25, -0.2) is 4.98 Å². The lowest BCUT2D eigenvalue weighted by atomic mass is 10.1. The van der Waals surface area contributed by atoms with Crippen LogP contribution in [-0.2, 0) is 4.74 Å². The first kappa shape index (κ1) is 15.1. The largest absolute Gasteiger partial charge is 0.376 e. The van der Waals surface area contributed by atoms with Crippen LogP contribution in [0.1, 0.15) is 35.1 Å². The van der Waals surface area contributed by atoms with Gasteiger partial charge in [-0.1, -0.05) is 6.07 Å². The Kier molecular flexibility index (Phi) is 4.49. The highest BCUT2D eigenvalue weighted by molar-refractivity contribution is 7.17. The molecule has 0 radical (unpaired) electrons. The average Bonchev–Trinajstić information content (AvgIpc) is 3.17. The van der Waals surface area contributed by atoms with Gasteiger partial charge in [0.15, 0.2) is 0 Å². The van der Waals surface area contributed by atoms with Crippen LogP contribution >= 0.6 is 11.3 Å². The van der Waals surface area contributed by atoms with Crippen LogP contribution in [0.3, 0.4) is 0 Å². The third-order valence-corrected chi connectivity index (χ3v) is 4.95. The lowest BCUT2D eigenvalue weighted by Crippen LogP contribution is -2.40. The van der Waals surface area contributed by atoms with Gasteiger partial charge in [0.1, 0.15) is 9.88 Å². The number of carbonyl (C=O) groups excluding carboxylic acids is 1. The Morgan fingerprint density at radius 2 is 2.36 bits per heavy atom. The molecule has 1 aliphatic rings. The van der Waals surface area contributed by atoms with Crippen molar-refractivity contribution in [3.8, 4) is 10.7 Å². The molecule has 2 aromatic rings. The molecule has 3 rings (SSSR count). The molecule has 0 bridgehead atoms. The number of amides is 1. The number of aromatic nitrogens is 2. The number of rotatable bonds is 4. The van der Waals surface area contributed by atoms with Crippen molar-refractivity contribution in [2.24, 2.45) is 0 Å². The quantitative estimate of drug-likeness (QED) is 0.942. The molecular formula is C16H19N3O2S. The first-order chi connectivity index (χ1) is 10.6. The van der Waals surface area contributed by atoms with Crippen molar-refractivity contribution >= 4 is 17.2 Å². The third-order valence-electron chi connectivity index (χ3n) is 3.77. The Bertz CT molecular complexity index is 651. The highest BCUT2D eigenvalue weighted by Crippen LogP contribution is 2.26. The SMILES string of the molecule is Cc1nc(-c2ccccn2)sc1C(=O)N[C@@H](C)[C@H]1CCCO1. The molecule has 0 aliphatic carbocycles. The van der Waals surface area contributed by atoms with Crippen molar-refractivity contribution in [1.29, 1.82) is 0 Å². The molecule has 0 saturated carbocycles. The average molecular weight is 317 g/mol.